The molecule has 0 aliphatic rings. The fourth-order valence-corrected chi connectivity index (χ4v) is 1.54. The molecule has 1 heterocycles. The van der Waals surface area contributed by atoms with Crippen molar-refractivity contribution in [3.63, 3.8) is 0 Å². The fourth-order valence-electron chi connectivity index (χ4n) is 1.54. The molecule has 0 saturated heterocycles. The molecule has 0 fully saturated rings. The van der Waals surface area contributed by atoms with Gasteiger partial charge in [-0.05, 0) is 12.5 Å². The van der Waals surface area contributed by atoms with Gasteiger partial charge < -0.3 is 10.2 Å². The zero-order chi connectivity index (χ0) is 14.3. The zero-order valence-corrected chi connectivity index (χ0v) is 11.1. The maximum Gasteiger partial charge on any atom is 0.311 e. The number of pyridine rings is 1. The highest BCUT2D eigenvalue weighted by atomic mass is 16.6. The van der Waals surface area contributed by atoms with Crippen LogP contribution in [-0.2, 0) is 0 Å². The molecule has 1 rings (SSSR count). The van der Waals surface area contributed by atoms with Crippen molar-refractivity contribution in [1.82, 2.24) is 4.98 Å². The van der Waals surface area contributed by atoms with E-state index in [4.69, 9.17) is 5.26 Å². The van der Waals surface area contributed by atoms with Crippen molar-refractivity contribution in [1.29, 1.82) is 5.26 Å². The molecule has 102 valence electrons. The minimum Gasteiger partial charge on any atom is -0.370 e. The number of aromatic nitrogens is 1. The van der Waals surface area contributed by atoms with E-state index in [1.165, 1.54) is 6.07 Å². The van der Waals surface area contributed by atoms with Gasteiger partial charge in [0.25, 0.3) is 0 Å². The van der Waals surface area contributed by atoms with Crippen LogP contribution in [0.3, 0.4) is 0 Å². The number of nitrogens with zero attached hydrogens (tertiary/aromatic N) is 4. The van der Waals surface area contributed by atoms with Gasteiger partial charge in [-0.1, -0.05) is 6.92 Å². The second-order valence-corrected chi connectivity index (χ2v) is 4.05. The van der Waals surface area contributed by atoms with Gasteiger partial charge in [0.2, 0.25) is 5.82 Å². The first-order valence-electron chi connectivity index (χ1n) is 6.07. The number of anilines is 2. The maximum absolute atomic E-state index is 11.0. The van der Waals surface area contributed by atoms with Crippen molar-refractivity contribution < 1.29 is 4.92 Å². The van der Waals surface area contributed by atoms with E-state index < -0.39 is 4.92 Å². The van der Waals surface area contributed by atoms with Gasteiger partial charge in [-0.15, -0.1) is 0 Å². The molecule has 0 unspecified atom stereocenters. The van der Waals surface area contributed by atoms with Crippen molar-refractivity contribution in [2.75, 3.05) is 30.4 Å². The molecule has 0 saturated carbocycles. The summed E-state index contributed by atoms with van der Waals surface area (Å²) in [6, 6.07) is 5.04. The molecule has 0 atom stereocenters. The highest BCUT2D eigenvalue weighted by Gasteiger charge is 2.19. The lowest BCUT2D eigenvalue weighted by Crippen LogP contribution is -2.21. The average molecular weight is 263 g/mol. The van der Waals surface area contributed by atoms with Gasteiger partial charge in [0.05, 0.1) is 17.4 Å². The molecule has 0 aliphatic heterocycles. The van der Waals surface area contributed by atoms with Crippen molar-refractivity contribution in [3.8, 4) is 6.07 Å². The van der Waals surface area contributed by atoms with E-state index >= 15 is 0 Å². The molecular formula is C12H17N5O2. The summed E-state index contributed by atoms with van der Waals surface area (Å²) in [6.45, 7) is 3.19. The monoisotopic (exact) mass is 263 g/mol. The minimum absolute atomic E-state index is 0.0533. The van der Waals surface area contributed by atoms with E-state index in [1.54, 1.807) is 18.0 Å². The molecule has 0 amide bonds. The second-order valence-electron chi connectivity index (χ2n) is 4.05. The minimum atomic E-state index is -0.463. The lowest BCUT2D eigenvalue weighted by molar-refractivity contribution is -0.384. The number of nitro groups is 1. The third kappa shape index (κ3) is 4.10. The summed E-state index contributed by atoms with van der Waals surface area (Å²) in [6.07, 6.45) is 1.24. The summed E-state index contributed by atoms with van der Waals surface area (Å²) < 4.78 is 0. The maximum atomic E-state index is 11.0. The predicted octanol–water partition coefficient (Wildman–Crippen LogP) is 2.16. The van der Waals surface area contributed by atoms with Crippen LogP contribution in [0, 0.1) is 21.4 Å². The lowest BCUT2D eigenvalue weighted by atomic mass is 10.3. The van der Waals surface area contributed by atoms with Crippen LogP contribution < -0.4 is 10.2 Å². The van der Waals surface area contributed by atoms with E-state index in [0.717, 1.165) is 13.0 Å². The van der Waals surface area contributed by atoms with Gasteiger partial charge in [0.1, 0.15) is 5.82 Å². The van der Waals surface area contributed by atoms with Crippen molar-refractivity contribution in [3.05, 3.63) is 22.2 Å². The van der Waals surface area contributed by atoms with E-state index in [2.05, 4.69) is 10.3 Å². The van der Waals surface area contributed by atoms with Gasteiger partial charge in [0.15, 0.2) is 0 Å². The molecule has 1 N–H and O–H groups in total. The van der Waals surface area contributed by atoms with Crippen LogP contribution in [-0.4, -0.2) is 30.0 Å². The molecule has 0 bridgehead atoms. The first kappa shape index (κ1) is 14.7. The normalized spacial score (nSPS) is 9.74. The molecule has 0 aromatic carbocycles. The molecule has 7 nitrogen and oxygen atoms in total. The van der Waals surface area contributed by atoms with Gasteiger partial charge in [-0.2, -0.15) is 5.26 Å². The summed E-state index contributed by atoms with van der Waals surface area (Å²) in [5, 5.41) is 22.6. The van der Waals surface area contributed by atoms with Gasteiger partial charge >= 0.3 is 5.69 Å². The smallest absolute Gasteiger partial charge is 0.311 e. The number of nitrogens with one attached hydrogen (secondary N) is 1. The molecule has 0 aliphatic carbocycles. The van der Waals surface area contributed by atoms with Crippen LogP contribution in [0.4, 0.5) is 17.3 Å². The standard InChI is InChI=1S/C12H17N5O2/c1-3-8-14-11-6-5-10(17(18)19)12(15-11)16(2)9-4-7-13/h5-6H,3-4,8-9H2,1-2H3,(H,14,15). The van der Waals surface area contributed by atoms with Crippen molar-refractivity contribution in [2.24, 2.45) is 0 Å². The van der Waals surface area contributed by atoms with Gasteiger partial charge in [-0.25, -0.2) is 4.98 Å². The molecule has 1 aromatic heterocycles. The molecule has 0 spiro atoms. The van der Waals surface area contributed by atoms with E-state index in [-0.39, 0.29) is 11.5 Å². The summed E-state index contributed by atoms with van der Waals surface area (Å²) in [7, 11) is 1.69. The fraction of sp³-hybridized carbons (Fsp3) is 0.500. The Morgan fingerprint density at radius 1 is 1.58 bits per heavy atom. The second kappa shape index (κ2) is 7.16. The Kier molecular flexibility index (Phi) is 5.54. The molecule has 19 heavy (non-hydrogen) atoms. The molecular weight excluding hydrogens is 246 g/mol. The van der Waals surface area contributed by atoms with Crippen LogP contribution in [0.2, 0.25) is 0 Å². The van der Waals surface area contributed by atoms with Crippen LogP contribution in [0.25, 0.3) is 0 Å². The third-order valence-corrected chi connectivity index (χ3v) is 2.53. The van der Waals surface area contributed by atoms with E-state index in [1.807, 2.05) is 13.0 Å². The molecule has 0 radical (unpaired) electrons. The first-order chi connectivity index (χ1) is 9.10. The zero-order valence-electron chi connectivity index (χ0n) is 11.1. The largest absolute Gasteiger partial charge is 0.370 e. The van der Waals surface area contributed by atoms with Gasteiger partial charge in [-0.3, -0.25) is 10.1 Å². The van der Waals surface area contributed by atoms with Gasteiger partial charge in [0, 0.05) is 26.2 Å². The highest BCUT2D eigenvalue weighted by molar-refractivity contribution is 5.61. The summed E-state index contributed by atoms with van der Waals surface area (Å²) in [5.41, 5.74) is -0.0533. The Balaban J connectivity index is 3.01. The summed E-state index contributed by atoms with van der Waals surface area (Å²) in [4.78, 5) is 16.4. The third-order valence-electron chi connectivity index (χ3n) is 2.53. The van der Waals surface area contributed by atoms with Crippen molar-refractivity contribution in [2.45, 2.75) is 19.8 Å². The lowest BCUT2D eigenvalue weighted by Gasteiger charge is -2.17. The SMILES string of the molecule is CCCNc1ccc([N+](=O)[O-])c(N(C)CCC#N)n1. The quantitative estimate of drug-likeness (QED) is 0.598. The van der Waals surface area contributed by atoms with Crippen LogP contribution in [0.5, 0.6) is 0 Å². The summed E-state index contributed by atoms with van der Waals surface area (Å²) in [5.74, 6) is 0.882. The number of nitriles is 1. The van der Waals surface area contributed by atoms with E-state index in [9.17, 15) is 10.1 Å². The van der Waals surface area contributed by atoms with Crippen LogP contribution in [0.1, 0.15) is 19.8 Å². The molecule has 7 heteroatoms. The van der Waals surface area contributed by atoms with Crippen molar-refractivity contribution >= 4 is 17.3 Å². The Morgan fingerprint density at radius 2 is 2.32 bits per heavy atom. The van der Waals surface area contributed by atoms with Crippen LogP contribution in [0.15, 0.2) is 12.1 Å². The highest BCUT2D eigenvalue weighted by Crippen LogP contribution is 2.26. The number of hydrogen-bond acceptors (Lipinski definition) is 6. The Hall–Kier alpha value is -2.36. The topological polar surface area (TPSA) is 95.1 Å². The Labute approximate surface area is 112 Å². The van der Waals surface area contributed by atoms with Crippen LogP contribution >= 0.6 is 0 Å². The summed E-state index contributed by atoms with van der Waals surface area (Å²) >= 11 is 0. The van der Waals surface area contributed by atoms with E-state index in [0.29, 0.717) is 18.8 Å². The molecule has 1 aromatic rings. The first-order valence-corrected chi connectivity index (χ1v) is 6.07. The number of hydrogen-bond donors (Lipinski definition) is 1. The Bertz CT molecular complexity index is 483. The number of rotatable bonds is 7. The Morgan fingerprint density at radius 3 is 2.89 bits per heavy atom. The average Bonchev–Trinajstić information content (AvgIpc) is 2.41. The predicted molar refractivity (Wildman–Crippen MR) is 73.2 cm³/mol.